The number of urea groups is 1. The van der Waals surface area contributed by atoms with Crippen LogP contribution in [0.2, 0.25) is 0 Å². The fourth-order valence-corrected chi connectivity index (χ4v) is 0.911. The van der Waals surface area contributed by atoms with Gasteiger partial charge in [0, 0.05) is 20.2 Å². The number of aliphatic carboxylic acids is 1. The number of hydrogen-bond acceptors (Lipinski definition) is 4. The van der Waals surface area contributed by atoms with E-state index < -0.39 is 17.9 Å². The quantitative estimate of drug-likeness (QED) is 0.408. The predicted octanol–water partition coefficient (Wildman–Crippen LogP) is -1.23. The molecule has 0 saturated heterocycles. The van der Waals surface area contributed by atoms with Gasteiger partial charge >= 0.3 is 12.0 Å². The molecule has 0 heterocycles. The third-order valence-electron chi connectivity index (χ3n) is 2.03. The number of carbonyl (C=O) groups excluding carboxylic acids is 2. The van der Waals surface area contributed by atoms with E-state index in [4.69, 9.17) is 9.84 Å². The molecule has 1 unspecified atom stereocenters. The number of rotatable bonds is 8. The molecule has 0 radical (unpaired) electrons. The Kier molecular flexibility index (Phi) is 8.29. The summed E-state index contributed by atoms with van der Waals surface area (Å²) in [7, 11) is 1.52. The van der Waals surface area contributed by atoms with E-state index in [1.54, 1.807) is 0 Å². The second kappa shape index (κ2) is 9.23. The standard InChI is InChI=1S/C10H19N3O5/c1-7(9(15)16)5-12-10(17)13-6-8(14)11-3-4-18-2/h7H,3-6H2,1-2H3,(H,11,14)(H,15,16)(H2,12,13,17). The average Bonchev–Trinajstić information content (AvgIpc) is 2.33. The van der Waals surface area contributed by atoms with Gasteiger partial charge in [0.05, 0.1) is 19.1 Å². The highest BCUT2D eigenvalue weighted by Crippen LogP contribution is 1.90. The molecule has 0 aliphatic rings. The first-order valence-corrected chi connectivity index (χ1v) is 5.47. The second-order valence-electron chi connectivity index (χ2n) is 3.65. The van der Waals surface area contributed by atoms with Crippen LogP contribution in [0.3, 0.4) is 0 Å². The maximum atomic E-state index is 11.2. The Morgan fingerprint density at radius 3 is 2.44 bits per heavy atom. The van der Waals surface area contributed by atoms with Crippen molar-refractivity contribution < 1.29 is 24.2 Å². The van der Waals surface area contributed by atoms with Crippen molar-refractivity contribution in [2.24, 2.45) is 5.92 Å². The SMILES string of the molecule is COCCNC(=O)CNC(=O)NCC(C)C(=O)O. The van der Waals surface area contributed by atoms with Crippen LogP contribution in [0.25, 0.3) is 0 Å². The molecular formula is C10H19N3O5. The Hall–Kier alpha value is -1.83. The van der Waals surface area contributed by atoms with Gasteiger partial charge < -0.3 is 25.8 Å². The molecule has 0 aliphatic heterocycles. The first kappa shape index (κ1) is 16.2. The first-order valence-electron chi connectivity index (χ1n) is 5.47. The monoisotopic (exact) mass is 261 g/mol. The van der Waals surface area contributed by atoms with E-state index >= 15 is 0 Å². The van der Waals surface area contributed by atoms with Gasteiger partial charge in [0.15, 0.2) is 0 Å². The lowest BCUT2D eigenvalue weighted by molar-refractivity contribution is -0.140. The summed E-state index contributed by atoms with van der Waals surface area (Å²) >= 11 is 0. The summed E-state index contributed by atoms with van der Waals surface area (Å²) in [4.78, 5) is 32.8. The maximum Gasteiger partial charge on any atom is 0.315 e. The summed E-state index contributed by atoms with van der Waals surface area (Å²) in [6.07, 6.45) is 0. The van der Waals surface area contributed by atoms with Gasteiger partial charge in [0.1, 0.15) is 0 Å². The van der Waals surface area contributed by atoms with E-state index in [9.17, 15) is 14.4 Å². The fraction of sp³-hybridized carbons (Fsp3) is 0.700. The molecule has 0 aromatic heterocycles. The number of carboxylic acid groups (broad SMARTS) is 1. The number of carboxylic acids is 1. The Balaban J connectivity index is 3.64. The summed E-state index contributed by atoms with van der Waals surface area (Å²) in [5, 5.41) is 15.8. The molecule has 0 bridgehead atoms. The summed E-state index contributed by atoms with van der Waals surface area (Å²) in [5.41, 5.74) is 0. The van der Waals surface area contributed by atoms with Crippen molar-refractivity contribution in [1.29, 1.82) is 0 Å². The fourth-order valence-electron chi connectivity index (χ4n) is 0.911. The average molecular weight is 261 g/mol. The summed E-state index contributed by atoms with van der Waals surface area (Å²) in [5.74, 6) is -2.01. The molecule has 18 heavy (non-hydrogen) atoms. The molecule has 8 heteroatoms. The number of hydrogen-bond donors (Lipinski definition) is 4. The molecule has 104 valence electrons. The minimum absolute atomic E-state index is 0.00641. The molecule has 1 atom stereocenters. The highest BCUT2D eigenvalue weighted by molar-refractivity contribution is 5.84. The van der Waals surface area contributed by atoms with Crippen molar-refractivity contribution in [2.75, 3.05) is 33.4 Å². The van der Waals surface area contributed by atoms with Crippen molar-refractivity contribution in [3.8, 4) is 0 Å². The largest absolute Gasteiger partial charge is 0.481 e. The number of methoxy groups -OCH3 is 1. The van der Waals surface area contributed by atoms with Crippen LogP contribution in [0, 0.1) is 5.92 Å². The van der Waals surface area contributed by atoms with Crippen LogP contribution >= 0.6 is 0 Å². The van der Waals surface area contributed by atoms with E-state index in [-0.39, 0.29) is 19.0 Å². The molecular weight excluding hydrogens is 242 g/mol. The van der Waals surface area contributed by atoms with Gasteiger partial charge in [0.25, 0.3) is 0 Å². The molecule has 0 spiro atoms. The zero-order valence-corrected chi connectivity index (χ0v) is 10.5. The highest BCUT2D eigenvalue weighted by atomic mass is 16.5. The Labute approximate surface area is 105 Å². The molecule has 4 N–H and O–H groups in total. The zero-order chi connectivity index (χ0) is 14.0. The molecule has 3 amide bonds. The topological polar surface area (TPSA) is 117 Å². The lowest BCUT2D eigenvalue weighted by Gasteiger charge is -2.10. The van der Waals surface area contributed by atoms with Crippen molar-refractivity contribution in [2.45, 2.75) is 6.92 Å². The molecule has 0 aromatic carbocycles. The van der Waals surface area contributed by atoms with Crippen molar-refractivity contribution in [1.82, 2.24) is 16.0 Å². The number of ether oxygens (including phenoxy) is 1. The van der Waals surface area contributed by atoms with Crippen LogP contribution in [0.5, 0.6) is 0 Å². The minimum Gasteiger partial charge on any atom is -0.481 e. The third-order valence-corrected chi connectivity index (χ3v) is 2.03. The predicted molar refractivity (Wildman–Crippen MR) is 63.1 cm³/mol. The number of carbonyl (C=O) groups is 3. The Bertz CT molecular complexity index is 295. The Morgan fingerprint density at radius 1 is 1.22 bits per heavy atom. The molecule has 8 nitrogen and oxygen atoms in total. The van der Waals surface area contributed by atoms with Gasteiger partial charge in [-0.1, -0.05) is 6.92 Å². The Morgan fingerprint density at radius 2 is 1.89 bits per heavy atom. The second-order valence-corrected chi connectivity index (χ2v) is 3.65. The van der Waals surface area contributed by atoms with Crippen LogP contribution < -0.4 is 16.0 Å². The molecule has 0 fully saturated rings. The highest BCUT2D eigenvalue weighted by Gasteiger charge is 2.12. The smallest absolute Gasteiger partial charge is 0.315 e. The van der Waals surface area contributed by atoms with Crippen LogP contribution in [-0.4, -0.2) is 56.4 Å². The molecule has 0 aliphatic carbocycles. The molecule has 0 aromatic rings. The van der Waals surface area contributed by atoms with Crippen molar-refractivity contribution in [3.05, 3.63) is 0 Å². The molecule has 0 saturated carbocycles. The van der Waals surface area contributed by atoms with Gasteiger partial charge in [-0.2, -0.15) is 0 Å². The van der Waals surface area contributed by atoms with Gasteiger partial charge in [-0.25, -0.2) is 4.79 Å². The van der Waals surface area contributed by atoms with Crippen molar-refractivity contribution >= 4 is 17.9 Å². The van der Waals surface area contributed by atoms with Crippen LogP contribution in [0.15, 0.2) is 0 Å². The van der Waals surface area contributed by atoms with Crippen LogP contribution in [-0.2, 0) is 14.3 Å². The normalized spacial score (nSPS) is 11.4. The summed E-state index contributed by atoms with van der Waals surface area (Å²) in [6.45, 7) is 2.08. The van der Waals surface area contributed by atoms with E-state index in [1.807, 2.05) is 0 Å². The van der Waals surface area contributed by atoms with E-state index in [1.165, 1.54) is 14.0 Å². The van der Waals surface area contributed by atoms with Crippen LogP contribution in [0.4, 0.5) is 4.79 Å². The summed E-state index contributed by atoms with van der Waals surface area (Å²) in [6, 6.07) is -0.579. The van der Waals surface area contributed by atoms with E-state index in [0.29, 0.717) is 13.2 Å². The zero-order valence-electron chi connectivity index (χ0n) is 10.5. The maximum absolute atomic E-state index is 11.2. The van der Waals surface area contributed by atoms with E-state index in [0.717, 1.165) is 0 Å². The summed E-state index contributed by atoms with van der Waals surface area (Å²) < 4.78 is 4.74. The van der Waals surface area contributed by atoms with Crippen LogP contribution in [0.1, 0.15) is 6.92 Å². The van der Waals surface area contributed by atoms with Crippen molar-refractivity contribution in [3.63, 3.8) is 0 Å². The van der Waals surface area contributed by atoms with Gasteiger partial charge in [-0.3, -0.25) is 9.59 Å². The first-order chi connectivity index (χ1) is 8.47. The lowest BCUT2D eigenvalue weighted by atomic mass is 10.2. The number of nitrogens with one attached hydrogen (secondary N) is 3. The number of amides is 3. The lowest BCUT2D eigenvalue weighted by Crippen LogP contribution is -2.44. The van der Waals surface area contributed by atoms with Gasteiger partial charge in [-0.15, -0.1) is 0 Å². The van der Waals surface area contributed by atoms with Gasteiger partial charge in [0.2, 0.25) is 5.91 Å². The minimum atomic E-state index is -0.993. The third kappa shape index (κ3) is 8.34. The molecule has 0 rings (SSSR count). The van der Waals surface area contributed by atoms with E-state index in [2.05, 4.69) is 16.0 Å². The van der Waals surface area contributed by atoms with Gasteiger partial charge in [-0.05, 0) is 0 Å².